The van der Waals surface area contributed by atoms with Gasteiger partial charge in [0.1, 0.15) is 5.82 Å². The molecule has 0 spiro atoms. The molecule has 0 radical (unpaired) electrons. The lowest BCUT2D eigenvalue weighted by molar-refractivity contribution is 0.0502. The number of rotatable bonds is 8. The van der Waals surface area contributed by atoms with Crippen molar-refractivity contribution >= 4 is 11.6 Å². The van der Waals surface area contributed by atoms with Gasteiger partial charge in [-0.15, -0.1) is 0 Å². The second-order valence-electron chi connectivity index (χ2n) is 4.88. The maximum atomic E-state index is 13.7. The summed E-state index contributed by atoms with van der Waals surface area (Å²) in [6.07, 6.45) is 0.772. The molecule has 0 aliphatic rings. The van der Waals surface area contributed by atoms with Gasteiger partial charge in [0.05, 0.1) is 17.2 Å². The van der Waals surface area contributed by atoms with Crippen molar-refractivity contribution in [2.24, 2.45) is 0 Å². The van der Waals surface area contributed by atoms with Gasteiger partial charge in [0.15, 0.2) is 0 Å². The first-order valence-electron chi connectivity index (χ1n) is 6.31. The predicted molar refractivity (Wildman–Crippen MR) is 75.1 cm³/mol. The summed E-state index contributed by atoms with van der Waals surface area (Å²) in [6, 6.07) is 4.84. The molecule has 1 aromatic rings. The number of methoxy groups -OCH3 is 1. The molecule has 1 atom stereocenters. The lowest BCUT2D eigenvalue weighted by Crippen LogP contribution is -2.33. The zero-order valence-corrected chi connectivity index (χ0v) is 12.1. The highest BCUT2D eigenvalue weighted by molar-refractivity contribution is 6.30. The fraction of sp³-hybridized carbons (Fsp3) is 0.571. The average molecular weight is 290 g/mol. The van der Waals surface area contributed by atoms with Crippen molar-refractivity contribution in [3.63, 3.8) is 0 Å². The van der Waals surface area contributed by atoms with E-state index >= 15 is 0 Å². The number of nitrogens with one attached hydrogen (secondary N) is 1. The zero-order chi connectivity index (χ0) is 14.3. The van der Waals surface area contributed by atoms with Crippen LogP contribution in [0.15, 0.2) is 18.2 Å². The SMILES string of the molecule is COCCNCCC(C)(O)Cc1cccc(Cl)c1F. The molecule has 1 aromatic carbocycles. The zero-order valence-electron chi connectivity index (χ0n) is 11.4. The Kier molecular flexibility index (Phi) is 6.72. The summed E-state index contributed by atoms with van der Waals surface area (Å²) in [5.74, 6) is -0.447. The number of hydrogen-bond acceptors (Lipinski definition) is 3. The van der Waals surface area contributed by atoms with Crippen LogP contribution >= 0.6 is 11.6 Å². The van der Waals surface area contributed by atoms with Gasteiger partial charge < -0.3 is 15.2 Å². The standard InChI is InChI=1S/C14H21ClFNO2/c1-14(18,6-7-17-8-9-19-2)10-11-4-3-5-12(15)13(11)16/h3-5,17-18H,6-10H2,1-2H3. The average Bonchev–Trinajstić information content (AvgIpc) is 2.34. The van der Waals surface area contributed by atoms with E-state index < -0.39 is 11.4 Å². The number of ether oxygens (including phenoxy) is 1. The molecule has 0 saturated heterocycles. The summed E-state index contributed by atoms with van der Waals surface area (Å²) in [5, 5.41) is 13.5. The lowest BCUT2D eigenvalue weighted by Gasteiger charge is -2.24. The monoisotopic (exact) mass is 289 g/mol. The van der Waals surface area contributed by atoms with Crippen LogP contribution < -0.4 is 5.32 Å². The molecular formula is C14H21ClFNO2. The summed E-state index contributed by atoms with van der Waals surface area (Å²) in [6.45, 7) is 3.72. The molecule has 5 heteroatoms. The van der Waals surface area contributed by atoms with Gasteiger partial charge in [-0.1, -0.05) is 23.7 Å². The molecule has 0 fully saturated rings. The Labute approximate surface area is 118 Å². The summed E-state index contributed by atoms with van der Waals surface area (Å²) in [4.78, 5) is 0. The third-order valence-corrected chi connectivity index (χ3v) is 3.22. The fourth-order valence-electron chi connectivity index (χ4n) is 1.84. The van der Waals surface area contributed by atoms with Crippen LogP contribution in [0.2, 0.25) is 5.02 Å². The Morgan fingerprint density at radius 2 is 2.16 bits per heavy atom. The van der Waals surface area contributed by atoms with Crippen molar-refractivity contribution in [2.75, 3.05) is 26.8 Å². The topological polar surface area (TPSA) is 41.5 Å². The van der Waals surface area contributed by atoms with Gasteiger partial charge in [-0.25, -0.2) is 4.39 Å². The fourth-order valence-corrected chi connectivity index (χ4v) is 2.03. The highest BCUT2D eigenvalue weighted by Gasteiger charge is 2.22. The maximum absolute atomic E-state index is 13.7. The van der Waals surface area contributed by atoms with Crippen LogP contribution in [0, 0.1) is 5.82 Å². The first-order chi connectivity index (χ1) is 8.96. The van der Waals surface area contributed by atoms with Gasteiger partial charge in [0.2, 0.25) is 0 Å². The molecule has 108 valence electrons. The largest absolute Gasteiger partial charge is 0.390 e. The minimum absolute atomic E-state index is 0.0894. The molecule has 1 rings (SSSR count). The lowest BCUT2D eigenvalue weighted by atomic mass is 9.93. The normalized spacial score (nSPS) is 14.4. The molecule has 0 heterocycles. The predicted octanol–water partition coefficient (Wildman–Crippen LogP) is 2.40. The second-order valence-corrected chi connectivity index (χ2v) is 5.29. The Hall–Kier alpha value is -0.680. The maximum Gasteiger partial charge on any atom is 0.145 e. The van der Waals surface area contributed by atoms with Gasteiger partial charge in [-0.2, -0.15) is 0 Å². The van der Waals surface area contributed by atoms with Gasteiger partial charge >= 0.3 is 0 Å². The molecule has 2 N–H and O–H groups in total. The Morgan fingerprint density at radius 1 is 1.42 bits per heavy atom. The number of benzene rings is 1. The number of aliphatic hydroxyl groups is 1. The molecule has 19 heavy (non-hydrogen) atoms. The molecule has 0 amide bonds. The van der Waals surface area contributed by atoms with Crippen LogP contribution in [-0.4, -0.2) is 37.5 Å². The van der Waals surface area contributed by atoms with E-state index in [-0.39, 0.29) is 11.4 Å². The molecule has 0 bridgehead atoms. The van der Waals surface area contributed by atoms with Crippen LogP contribution in [-0.2, 0) is 11.2 Å². The van der Waals surface area contributed by atoms with Crippen molar-refractivity contribution in [1.82, 2.24) is 5.32 Å². The Bertz CT molecular complexity index is 399. The molecule has 0 aliphatic carbocycles. The van der Waals surface area contributed by atoms with Crippen LogP contribution in [0.3, 0.4) is 0 Å². The molecule has 3 nitrogen and oxygen atoms in total. The van der Waals surface area contributed by atoms with Crippen molar-refractivity contribution in [1.29, 1.82) is 0 Å². The first kappa shape index (κ1) is 16.4. The van der Waals surface area contributed by atoms with Gasteiger partial charge in [0.25, 0.3) is 0 Å². The summed E-state index contributed by atoms with van der Waals surface area (Å²) in [7, 11) is 1.64. The van der Waals surface area contributed by atoms with Crippen molar-refractivity contribution in [3.05, 3.63) is 34.6 Å². The van der Waals surface area contributed by atoms with Gasteiger partial charge in [-0.05, 0) is 31.5 Å². The van der Waals surface area contributed by atoms with Crippen LogP contribution in [0.4, 0.5) is 4.39 Å². The Morgan fingerprint density at radius 3 is 2.84 bits per heavy atom. The van der Waals surface area contributed by atoms with E-state index in [2.05, 4.69) is 5.32 Å². The summed E-state index contributed by atoms with van der Waals surface area (Å²) < 4.78 is 18.7. The van der Waals surface area contributed by atoms with Gasteiger partial charge in [-0.3, -0.25) is 0 Å². The third-order valence-electron chi connectivity index (χ3n) is 2.93. The smallest absolute Gasteiger partial charge is 0.145 e. The minimum atomic E-state index is -0.967. The first-order valence-corrected chi connectivity index (χ1v) is 6.69. The Balaban J connectivity index is 2.47. The summed E-state index contributed by atoms with van der Waals surface area (Å²) in [5.41, 5.74) is -0.527. The third kappa shape index (κ3) is 5.87. The van der Waals surface area contributed by atoms with E-state index in [1.165, 1.54) is 6.07 Å². The van der Waals surface area contributed by atoms with Crippen molar-refractivity contribution < 1.29 is 14.2 Å². The van der Waals surface area contributed by atoms with E-state index in [0.29, 0.717) is 25.1 Å². The van der Waals surface area contributed by atoms with E-state index in [1.54, 1.807) is 26.2 Å². The van der Waals surface area contributed by atoms with Crippen molar-refractivity contribution in [3.8, 4) is 0 Å². The number of hydrogen-bond donors (Lipinski definition) is 2. The van der Waals surface area contributed by atoms with Crippen LogP contribution in [0.5, 0.6) is 0 Å². The molecule has 0 saturated carbocycles. The van der Waals surface area contributed by atoms with E-state index in [1.807, 2.05) is 0 Å². The van der Waals surface area contributed by atoms with E-state index in [9.17, 15) is 9.50 Å². The quantitative estimate of drug-likeness (QED) is 0.722. The van der Waals surface area contributed by atoms with Crippen LogP contribution in [0.25, 0.3) is 0 Å². The minimum Gasteiger partial charge on any atom is -0.390 e. The molecule has 1 unspecified atom stereocenters. The van der Waals surface area contributed by atoms with Crippen LogP contribution in [0.1, 0.15) is 18.9 Å². The molecule has 0 aromatic heterocycles. The van der Waals surface area contributed by atoms with E-state index in [0.717, 1.165) is 6.54 Å². The number of halogens is 2. The second kappa shape index (κ2) is 7.80. The van der Waals surface area contributed by atoms with Gasteiger partial charge in [0, 0.05) is 20.1 Å². The highest BCUT2D eigenvalue weighted by atomic mass is 35.5. The molecule has 0 aliphatic heterocycles. The van der Waals surface area contributed by atoms with E-state index in [4.69, 9.17) is 16.3 Å². The highest BCUT2D eigenvalue weighted by Crippen LogP contribution is 2.23. The summed E-state index contributed by atoms with van der Waals surface area (Å²) >= 11 is 5.72. The van der Waals surface area contributed by atoms with Crippen molar-refractivity contribution in [2.45, 2.75) is 25.4 Å². The molecular weight excluding hydrogens is 269 g/mol.